The van der Waals surface area contributed by atoms with Crippen molar-refractivity contribution in [3.8, 4) is 0 Å². The van der Waals surface area contributed by atoms with Gasteiger partial charge in [-0.1, -0.05) is 53.7 Å². The smallest absolute Gasteiger partial charge is 0.322 e. The Bertz CT molecular complexity index is 1320. The fourth-order valence-corrected chi connectivity index (χ4v) is 5.26. The van der Waals surface area contributed by atoms with Gasteiger partial charge in [-0.05, 0) is 74.6 Å². The predicted octanol–water partition coefficient (Wildman–Crippen LogP) is 3.54. The second-order valence-corrected chi connectivity index (χ2v) is 12.5. The molecule has 2 heterocycles. The van der Waals surface area contributed by atoms with Gasteiger partial charge in [-0.25, -0.2) is 5.43 Å². The summed E-state index contributed by atoms with van der Waals surface area (Å²) >= 11 is 0. The molecule has 230 valence electrons. The Kier molecular flexibility index (Phi) is 10.7. The third-order valence-electron chi connectivity index (χ3n) is 8.59. The van der Waals surface area contributed by atoms with E-state index in [1.165, 1.54) is 10.6 Å². The first kappa shape index (κ1) is 33.0. The number of hydrazine groups is 1. The van der Waals surface area contributed by atoms with Gasteiger partial charge in [0.2, 0.25) is 11.8 Å². The summed E-state index contributed by atoms with van der Waals surface area (Å²) in [5.41, 5.74) is 6.24. The number of amides is 3. The molecule has 3 rings (SSSR count). The molecular formula is C32H47N5O5. The van der Waals surface area contributed by atoms with E-state index < -0.39 is 41.3 Å². The van der Waals surface area contributed by atoms with Crippen LogP contribution in [0.15, 0.2) is 24.3 Å². The molecule has 4 N–H and O–H groups in total. The standard InChI is InChI=1S/C32H47N5O5/c1-9-24-19(4)15-23-13-12-22(17-26(23)34-24)16-20(5)32(7,8)31(42)35-27(18(2)3)28(38)33-21(6)29(39)37-14-10-11-25(36-37)30(40)41/h12-13,15,17-18,20-21,25,27,36H,9-11,14,16H2,1-8H3,(H,33,38)(H,35,42)(H,40,41). The summed E-state index contributed by atoms with van der Waals surface area (Å²) in [6.45, 7) is 15.6. The van der Waals surface area contributed by atoms with Crippen molar-refractivity contribution in [1.29, 1.82) is 0 Å². The molecule has 0 bridgehead atoms. The average molecular weight is 582 g/mol. The van der Waals surface area contributed by atoms with Gasteiger partial charge < -0.3 is 15.7 Å². The molecule has 0 saturated carbocycles. The summed E-state index contributed by atoms with van der Waals surface area (Å²) < 4.78 is 0. The van der Waals surface area contributed by atoms with Crippen LogP contribution in [0.2, 0.25) is 0 Å². The average Bonchev–Trinajstić information content (AvgIpc) is 2.94. The van der Waals surface area contributed by atoms with Crippen LogP contribution in [0.3, 0.4) is 0 Å². The molecule has 0 aliphatic carbocycles. The molecule has 4 unspecified atom stereocenters. The van der Waals surface area contributed by atoms with Crippen molar-refractivity contribution in [1.82, 2.24) is 26.1 Å². The van der Waals surface area contributed by atoms with Gasteiger partial charge in [-0.3, -0.25) is 29.2 Å². The Morgan fingerprint density at radius 3 is 2.43 bits per heavy atom. The van der Waals surface area contributed by atoms with Gasteiger partial charge >= 0.3 is 5.97 Å². The van der Waals surface area contributed by atoms with Crippen molar-refractivity contribution in [2.45, 2.75) is 99.2 Å². The number of nitrogens with one attached hydrogen (secondary N) is 3. The third kappa shape index (κ3) is 7.65. The summed E-state index contributed by atoms with van der Waals surface area (Å²) in [7, 11) is 0. The van der Waals surface area contributed by atoms with E-state index in [4.69, 9.17) is 4.98 Å². The molecule has 2 aromatic rings. The normalized spacial score (nSPS) is 17.9. The van der Waals surface area contributed by atoms with Crippen molar-refractivity contribution in [3.63, 3.8) is 0 Å². The van der Waals surface area contributed by atoms with Crippen molar-refractivity contribution < 1.29 is 24.3 Å². The van der Waals surface area contributed by atoms with Crippen molar-refractivity contribution in [2.75, 3.05) is 6.54 Å². The van der Waals surface area contributed by atoms with Crippen molar-refractivity contribution in [2.24, 2.45) is 17.3 Å². The second kappa shape index (κ2) is 13.6. The van der Waals surface area contributed by atoms with Crippen LogP contribution in [0.4, 0.5) is 0 Å². The number of aromatic nitrogens is 1. The Labute approximate surface area is 249 Å². The number of carboxylic acids is 1. The number of nitrogens with zero attached hydrogens (tertiary/aromatic N) is 2. The quantitative estimate of drug-likeness (QED) is 0.318. The number of carboxylic acid groups (broad SMARTS) is 1. The van der Waals surface area contributed by atoms with Crippen LogP contribution in [0.25, 0.3) is 10.9 Å². The summed E-state index contributed by atoms with van der Waals surface area (Å²) in [5.74, 6) is -2.43. The first-order valence-corrected chi connectivity index (χ1v) is 15.0. The number of carbonyl (C=O) groups excluding carboxylic acids is 3. The fraction of sp³-hybridized carbons (Fsp3) is 0.594. The fourth-order valence-electron chi connectivity index (χ4n) is 5.26. The highest BCUT2D eigenvalue weighted by molar-refractivity contribution is 5.93. The topological polar surface area (TPSA) is 141 Å². The number of carbonyl (C=O) groups is 4. The Morgan fingerprint density at radius 2 is 1.81 bits per heavy atom. The van der Waals surface area contributed by atoms with Crippen LogP contribution >= 0.6 is 0 Å². The molecule has 1 fully saturated rings. The third-order valence-corrected chi connectivity index (χ3v) is 8.59. The van der Waals surface area contributed by atoms with E-state index in [0.29, 0.717) is 25.8 Å². The number of pyridine rings is 1. The maximum atomic E-state index is 13.6. The molecule has 42 heavy (non-hydrogen) atoms. The minimum atomic E-state index is -1.03. The summed E-state index contributed by atoms with van der Waals surface area (Å²) in [6, 6.07) is 5.82. The van der Waals surface area contributed by atoms with Crippen LogP contribution in [-0.2, 0) is 32.0 Å². The monoisotopic (exact) mass is 581 g/mol. The summed E-state index contributed by atoms with van der Waals surface area (Å²) in [5, 5.41) is 17.3. The molecule has 4 atom stereocenters. The molecule has 1 aliphatic heterocycles. The molecule has 0 radical (unpaired) electrons. The van der Waals surface area contributed by atoms with E-state index in [-0.39, 0.29) is 17.7 Å². The van der Waals surface area contributed by atoms with Crippen LogP contribution in [0, 0.1) is 24.2 Å². The zero-order valence-electron chi connectivity index (χ0n) is 26.2. The number of hydrogen-bond donors (Lipinski definition) is 4. The molecular weight excluding hydrogens is 534 g/mol. The minimum Gasteiger partial charge on any atom is -0.480 e. The number of hydrogen-bond acceptors (Lipinski definition) is 6. The first-order valence-electron chi connectivity index (χ1n) is 15.0. The van der Waals surface area contributed by atoms with Gasteiger partial charge in [0.15, 0.2) is 0 Å². The maximum Gasteiger partial charge on any atom is 0.322 e. The van der Waals surface area contributed by atoms with Gasteiger partial charge in [0.1, 0.15) is 18.1 Å². The SMILES string of the molecule is CCc1nc2cc(CC(C)C(C)(C)C(=O)NC(C(=O)NC(C)C(=O)N3CCCC(C(=O)O)N3)C(C)C)ccc2cc1C. The molecule has 0 spiro atoms. The molecule has 10 heteroatoms. The Balaban J connectivity index is 1.66. The Morgan fingerprint density at radius 1 is 1.12 bits per heavy atom. The number of aliphatic carboxylic acids is 1. The lowest BCUT2D eigenvalue weighted by atomic mass is 9.75. The van der Waals surface area contributed by atoms with Crippen molar-refractivity contribution in [3.05, 3.63) is 41.1 Å². The highest BCUT2D eigenvalue weighted by Crippen LogP contribution is 2.31. The van der Waals surface area contributed by atoms with Crippen LogP contribution in [0.5, 0.6) is 0 Å². The Hall–Kier alpha value is -3.53. The molecule has 1 aromatic carbocycles. The number of fused-ring (bicyclic) bond motifs is 1. The lowest BCUT2D eigenvalue weighted by Gasteiger charge is -2.35. The van der Waals surface area contributed by atoms with Crippen LogP contribution < -0.4 is 16.1 Å². The molecule has 3 amide bonds. The van der Waals surface area contributed by atoms with E-state index in [9.17, 15) is 24.3 Å². The van der Waals surface area contributed by atoms with Crippen LogP contribution in [0.1, 0.15) is 78.1 Å². The zero-order chi connectivity index (χ0) is 31.4. The molecule has 1 saturated heterocycles. The molecule has 1 aliphatic rings. The summed E-state index contributed by atoms with van der Waals surface area (Å²) in [4.78, 5) is 55.9. The highest BCUT2D eigenvalue weighted by Gasteiger charge is 2.38. The summed E-state index contributed by atoms with van der Waals surface area (Å²) in [6.07, 6.45) is 2.50. The minimum absolute atomic E-state index is 0.0465. The predicted molar refractivity (Wildman–Crippen MR) is 162 cm³/mol. The second-order valence-electron chi connectivity index (χ2n) is 12.5. The highest BCUT2D eigenvalue weighted by atomic mass is 16.4. The zero-order valence-corrected chi connectivity index (χ0v) is 26.2. The van der Waals surface area contributed by atoms with E-state index in [1.807, 2.05) is 34.6 Å². The maximum absolute atomic E-state index is 13.6. The lowest BCUT2D eigenvalue weighted by Crippen LogP contribution is -2.61. The van der Waals surface area contributed by atoms with E-state index in [0.717, 1.165) is 28.6 Å². The van der Waals surface area contributed by atoms with E-state index in [1.54, 1.807) is 6.92 Å². The van der Waals surface area contributed by atoms with Crippen LogP contribution in [-0.4, -0.2) is 63.5 Å². The van der Waals surface area contributed by atoms with Gasteiger partial charge in [0.05, 0.1) is 5.52 Å². The van der Waals surface area contributed by atoms with Gasteiger partial charge in [0, 0.05) is 23.0 Å². The molecule has 1 aromatic heterocycles. The lowest BCUT2D eigenvalue weighted by molar-refractivity contribution is -0.148. The number of benzene rings is 1. The van der Waals surface area contributed by atoms with Gasteiger partial charge in [0.25, 0.3) is 5.91 Å². The number of aryl methyl sites for hydroxylation is 2. The van der Waals surface area contributed by atoms with E-state index in [2.05, 4.69) is 54.2 Å². The van der Waals surface area contributed by atoms with Crippen molar-refractivity contribution >= 4 is 34.6 Å². The first-order chi connectivity index (χ1) is 19.6. The number of rotatable bonds is 11. The molecule has 10 nitrogen and oxygen atoms in total. The van der Waals surface area contributed by atoms with E-state index >= 15 is 0 Å². The van der Waals surface area contributed by atoms with Gasteiger partial charge in [-0.15, -0.1) is 0 Å². The van der Waals surface area contributed by atoms with Gasteiger partial charge in [-0.2, -0.15) is 0 Å². The largest absolute Gasteiger partial charge is 0.480 e.